The summed E-state index contributed by atoms with van der Waals surface area (Å²) in [7, 11) is 0. The molecule has 0 spiro atoms. The van der Waals surface area contributed by atoms with E-state index < -0.39 is 11.8 Å². The Balaban J connectivity index is 2.64. The minimum atomic E-state index is -1.38. The predicted octanol–water partition coefficient (Wildman–Crippen LogP) is 3.23. The lowest BCUT2D eigenvalue weighted by molar-refractivity contribution is -0.255. The fraction of sp³-hybridized carbons (Fsp3) is 0.222. The molecule has 4 heteroatoms. The first-order valence-corrected chi connectivity index (χ1v) is 7.24. The molecule has 2 aromatic carbocycles. The zero-order valence-corrected chi connectivity index (χ0v) is 13.4. The lowest BCUT2D eigenvalue weighted by Gasteiger charge is -2.21. The van der Waals surface area contributed by atoms with E-state index in [9.17, 15) is 14.7 Å². The molecule has 114 valence electrons. The monoisotopic (exact) mass is 315 g/mol. The topological polar surface area (TPSA) is 57.2 Å². The van der Waals surface area contributed by atoms with Crippen LogP contribution in [0.15, 0.2) is 42.5 Å². The van der Waals surface area contributed by atoms with Crippen molar-refractivity contribution in [1.29, 1.82) is 0 Å². The maximum absolute atomic E-state index is 12.7. The number of carbonyl (C=O) groups is 2. The van der Waals surface area contributed by atoms with Crippen LogP contribution in [0.5, 0.6) is 0 Å². The van der Waals surface area contributed by atoms with Crippen LogP contribution in [-0.4, -0.2) is 11.8 Å². The van der Waals surface area contributed by atoms with Crippen molar-refractivity contribution in [3.8, 4) is 0 Å². The molecule has 3 nitrogen and oxygen atoms in total. The van der Waals surface area contributed by atoms with Crippen molar-refractivity contribution in [1.82, 2.24) is 0 Å². The summed E-state index contributed by atoms with van der Waals surface area (Å²) >= 11 is 6.05. The minimum absolute atomic E-state index is 0.0977. The summed E-state index contributed by atoms with van der Waals surface area (Å²) in [6.07, 6.45) is 0. The Morgan fingerprint density at radius 1 is 0.955 bits per heavy atom. The molecule has 0 aliphatic carbocycles. The molecule has 2 aromatic rings. The molecule has 2 rings (SSSR count). The van der Waals surface area contributed by atoms with Gasteiger partial charge in [-0.1, -0.05) is 56.6 Å². The molecule has 0 atom stereocenters. The Kier molecular flexibility index (Phi) is 4.38. The average Bonchev–Trinajstić information content (AvgIpc) is 2.45. The summed E-state index contributed by atoms with van der Waals surface area (Å²) in [5, 5.41) is 11.6. The van der Waals surface area contributed by atoms with E-state index in [2.05, 4.69) is 0 Å². The first-order valence-electron chi connectivity index (χ1n) is 6.87. The van der Waals surface area contributed by atoms with Crippen molar-refractivity contribution in [2.75, 3.05) is 0 Å². The van der Waals surface area contributed by atoms with Crippen LogP contribution in [0.2, 0.25) is 5.02 Å². The number of hydrogen-bond acceptors (Lipinski definition) is 3. The molecule has 0 bridgehead atoms. The van der Waals surface area contributed by atoms with Gasteiger partial charge in [-0.2, -0.15) is 0 Å². The number of carbonyl (C=O) groups excluding carboxylic acids is 2. The SMILES string of the molecule is CC(C)(C)c1ccc(C(=O)[O-])c(C(=O)c2ccccc2Cl)c1. The van der Waals surface area contributed by atoms with Crippen LogP contribution in [0, 0.1) is 0 Å². The van der Waals surface area contributed by atoms with Crippen molar-refractivity contribution in [3.05, 3.63) is 69.7 Å². The minimum Gasteiger partial charge on any atom is -0.545 e. The van der Waals surface area contributed by atoms with Gasteiger partial charge in [0.15, 0.2) is 5.78 Å². The van der Waals surface area contributed by atoms with Gasteiger partial charge in [0.2, 0.25) is 0 Å². The van der Waals surface area contributed by atoms with Crippen LogP contribution in [0.1, 0.15) is 52.6 Å². The van der Waals surface area contributed by atoms with Gasteiger partial charge in [0, 0.05) is 16.7 Å². The number of halogens is 1. The lowest BCUT2D eigenvalue weighted by atomic mass is 9.84. The highest BCUT2D eigenvalue weighted by atomic mass is 35.5. The first kappa shape index (κ1) is 16.2. The fourth-order valence-corrected chi connectivity index (χ4v) is 2.39. The van der Waals surface area contributed by atoms with Gasteiger partial charge in [-0.15, -0.1) is 0 Å². The summed E-state index contributed by atoms with van der Waals surface area (Å²) in [5.41, 5.74) is 0.907. The zero-order chi connectivity index (χ0) is 16.5. The van der Waals surface area contributed by atoms with Gasteiger partial charge in [-0.05, 0) is 29.2 Å². The Hall–Kier alpha value is -2.13. The fourth-order valence-electron chi connectivity index (χ4n) is 2.17. The maximum atomic E-state index is 12.7. The molecule has 0 N–H and O–H groups in total. The van der Waals surface area contributed by atoms with E-state index in [0.717, 1.165) is 5.56 Å². The van der Waals surface area contributed by atoms with Gasteiger partial charge in [0.25, 0.3) is 0 Å². The highest BCUT2D eigenvalue weighted by Crippen LogP contribution is 2.27. The van der Waals surface area contributed by atoms with Crippen molar-refractivity contribution < 1.29 is 14.7 Å². The second kappa shape index (κ2) is 5.93. The average molecular weight is 316 g/mol. The normalized spacial score (nSPS) is 11.3. The Bertz CT molecular complexity index is 742. The van der Waals surface area contributed by atoms with E-state index in [-0.39, 0.29) is 27.1 Å². The molecule has 0 aliphatic heterocycles. The van der Waals surface area contributed by atoms with E-state index in [1.165, 1.54) is 6.07 Å². The largest absolute Gasteiger partial charge is 0.545 e. The van der Waals surface area contributed by atoms with Crippen LogP contribution in [0.3, 0.4) is 0 Å². The van der Waals surface area contributed by atoms with Crippen LogP contribution in [0.4, 0.5) is 0 Å². The predicted molar refractivity (Wildman–Crippen MR) is 84.4 cm³/mol. The number of carboxylic acid groups (broad SMARTS) is 1. The van der Waals surface area contributed by atoms with Gasteiger partial charge in [0.1, 0.15) is 0 Å². The molecule has 0 saturated heterocycles. The van der Waals surface area contributed by atoms with Gasteiger partial charge < -0.3 is 9.90 Å². The first-order chi connectivity index (χ1) is 10.2. The van der Waals surface area contributed by atoms with Gasteiger partial charge in [0.05, 0.1) is 11.0 Å². The molecule has 0 aliphatic rings. The smallest absolute Gasteiger partial charge is 0.195 e. The number of rotatable bonds is 3. The molecule has 22 heavy (non-hydrogen) atoms. The number of carboxylic acids is 1. The van der Waals surface area contributed by atoms with Crippen molar-refractivity contribution in [3.63, 3.8) is 0 Å². The molecule has 0 radical (unpaired) electrons. The molecular weight excluding hydrogens is 300 g/mol. The third-order valence-corrected chi connectivity index (χ3v) is 3.80. The Morgan fingerprint density at radius 2 is 1.59 bits per heavy atom. The van der Waals surface area contributed by atoms with E-state index >= 15 is 0 Å². The lowest BCUT2D eigenvalue weighted by Crippen LogP contribution is -2.26. The van der Waals surface area contributed by atoms with Crippen LogP contribution < -0.4 is 5.11 Å². The summed E-state index contributed by atoms with van der Waals surface area (Å²) in [5.74, 6) is -1.80. The number of benzene rings is 2. The second-order valence-corrected chi connectivity index (χ2v) is 6.51. The molecule has 0 heterocycles. The summed E-state index contributed by atoms with van der Waals surface area (Å²) in [4.78, 5) is 24.0. The van der Waals surface area contributed by atoms with E-state index in [4.69, 9.17) is 11.6 Å². The highest BCUT2D eigenvalue weighted by molar-refractivity contribution is 6.35. The molecule has 0 aromatic heterocycles. The molecule has 0 unspecified atom stereocenters. The third-order valence-electron chi connectivity index (χ3n) is 3.47. The zero-order valence-electron chi connectivity index (χ0n) is 12.6. The highest BCUT2D eigenvalue weighted by Gasteiger charge is 2.21. The Morgan fingerprint density at radius 3 is 2.14 bits per heavy atom. The van der Waals surface area contributed by atoms with Gasteiger partial charge in [-0.3, -0.25) is 4.79 Å². The van der Waals surface area contributed by atoms with Gasteiger partial charge in [-0.25, -0.2) is 0 Å². The van der Waals surface area contributed by atoms with Crippen LogP contribution >= 0.6 is 11.6 Å². The number of aromatic carboxylic acids is 1. The van der Waals surface area contributed by atoms with E-state index in [1.807, 2.05) is 20.8 Å². The summed E-state index contributed by atoms with van der Waals surface area (Å²) in [6, 6.07) is 11.3. The molecule has 0 saturated carbocycles. The summed E-state index contributed by atoms with van der Waals surface area (Å²) in [6.45, 7) is 5.97. The standard InChI is InChI=1S/C18H17ClO3/c1-18(2,3)11-8-9-12(17(21)22)14(10-11)16(20)13-6-4-5-7-15(13)19/h4-10H,1-3H3,(H,21,22)/p-1. The quantitative estimate of drug-likeness (QED) is 0.817. The molecule has 0 fully saturated rings. The van der Waals surface area contributed by atoms with Crippen LogP contribution in [0.25, 0.3) is 0 Å². The van der Waals surface area contributed by atoms with E-state index in [1.54, 1.807) is 36.4 Å². The Labute approximate surface area is 134 Å². The van der Waals surface area contributed by atoms with Gasteiger partial charge >= 0.3 is 0 Å². The van der Waals surface area contributed by atoms with Crippen molar-refractivity contribution in [2.24, 2.45) is 0 Å². The molecular formula is C18H16ClO3-. The maximum Gasteiger partial charge on any atom is 0.195 e. The van der Waals surface area contributed by atoms with Crippen molar-refractivity contribution in [2.45, 2.75) is 26.2 Å². The molecule has 0 amide bonds. The second-order valence-electron chi connectivity index (χ2n) is 6.11. The number of ketones is 1. The number of hydrogen-bond donors (Lipinski definition) is 0. The summed E-state index contributed by atoms with van der Waals surface area (Å²) < 4.78 is 0. The van der Waals surface area contributed by atoms with Crippen molar-refractivity contribution >= 4 is 23.4 Å². The van der Waals surface area contributed by atoms with Crippen LogP contribution in [-0.2, 0) is 5.41 Å². The third kappa shape index (κ3) is 3.20. The van der Waals surface area contributed by atoms with E-state index in [0.29, 0.717) is 0 Å².